The van der Waals surface area contributed by atoms with Crippen molar-refractivity contribution in [1.29, 1.82) is 0 Å². The summed E-state index contributed by atoms with van der Waals surface area (Å²) in [7, 11) is 0. The molecule has 22 heavy (non-hydrogen) atoms. The lowest BCUT2D eigenvalue weighted by Gasteiger charge is -2.27. The molecule has 2 atom stereocenters. The van der Waals surface area contributed by atoms with Crippen molar-refractivity contribution in [1.82, 2.24) is 0 Å². The van der Waals surface area contributed by atoms with Crippen LogP contribution in [0.2, 0.25) is 0 Å². The van der Waals surface area contributed by atoms with Crippen molar-refractivity contribution >= 4 is 39.9 Å². The molecule has 2 unspecified atom stereocenters. The lowest BCUT2D eigenvalue weighted by Crippen LogP contribution is -2.21. The predicted molar refractivity (Wildman–Crippen MR) is 104 cm³/mol. The van der Waals surface area contributed by atoms with Gasteiger partial charge in [0.25, 0.3) is 0 Å². The van der Waals surface area contributed by atoms with E-state index in [0.717, 1.165) is 6.42 Å². The summed E-state index contributed by atoms with van der Waals surface area (Å²) >= 11 is 4.44. The maximum atomic E-state index is 2.43. The Balaban J connectivity index is 1.77. The Morgan fingerprint density at radius 1 is 1.14 bits per heavy atom. The van der Waals surface area contributed by atoms with Gasteiger partial charge in [0.1, 0.15) is 0 Å². The molecule has 0 radical (unpaired) electrons. The number of hydrogen-bond donors (Lipinski definition) is 0. The second kappa shape index (κ2) is 5.57. The van der Waals surface area contributed by atoms with Gasteiger partial charge in [0.2, 0.25) is 0 Å². The summed E-state index contributed by atoms with van der Waals surface area (Å²) in [6.45, 7) is 2.38. The van der Waals surface area contributed by atoms with Gasteiger partial charge < -0.3 is 0 Å². The molecule has 1 aliphatic heterocycles. The topological polar surface area (TPSA) is 0 Å². The number of halogens is 1. The summed E-state index contributed by atoms with van der Waals surface area (Å²) in [4.78, 5) is 1.45. The number of allylic oxidation sites excluding steroid dienone is 3. The highest BCUT2D eigenvalue weighted by molar-refractivity contribution is 14.1. The minimum absolute atomic E-state index is 0.166. The van der Waals surface area contributed by atoms with Crippen LogP contribution >= 0.6 is 34.4 Å². The first kappa shape index (κ1) is 14.6. The van der Waals surface area contributed by atoms with Gasteiger partial charge in [-0.05, 0) is 70.8 Å². The molecule has 0 bridgehead atoms. The number of fused-ring (bicyclic) bond motifs is 3. The summed E-state index contributed by atoms with van der Waals surface area (Å²) < 4.78 is 1.50. The van der Waals surface area contributed by atoms with E-state index in [1.807, 2.05) is 11.8 Å². The van der Waals surface area contributed by atoms with Gasteiger partial charge >= 0.3 is 0 Å². The van der Waals surface area contributed by atoms with Crippen LogP contribution in [0.15, 0.2) is 71.7 Å². The van der Waals surface area contributed by atoms with Crippen molar-refractivity contribution in [3.63, 3.8) is 0 Å². The number of rotatable bonds is 1. The monoisotopic (exact) mass is 416 g/mol. The molecule has 0 N–H and O–H groups in total. The summed E-state index contributed by atoms with van der Waals surface area (Å²) in [5.41, 5.74) is 4.31. The first-order chi connectivity index (χ1) is 10.7. The molecule has 2 heteroatoms. The largest absolute Gasteiger partial charge is 0.114 e. The van der Waals surface area contributed by atoms with E-state index in [9.17, 15) is 0 Å². The second-order valence-corrected chi connectivity index (χ2v) is 8.91. The van der Waals surface area contributed by atoms with Crippen molar-refractivity contribution in [2.45, 2.75) is 28.9 Å². The Morgan fingerprint density at radius 3 is 2.77 bits per heavy atom. The van der Waals surface area contributed by atoms with E-state index in [1.165, 1.54) is 25.2 Å². The molecule has 1 heterocycles. The first-order valence-corrected chi connectivity index (χ1v) is 9.47. The molecule has 110 valence electrons. The van der Waals surface area contributed by atoms with E-state index in [4.69, 9.17) is 0 Å². The highest BCUT2D eigenvalue weighted by atomic mass is 127. The van der Waals surface area contributed by atoms with Crippen molar-refractivity contribution in [2.75, 3.05) is 0 Å². The van der Waals surface area contributed by atoms with E-state index in [-0.39, 0.29) is 4.75 Å². The highest BCUT2D eigenvalue weighted by Gasteiger charge is 2.42. The summed E-state index contributed by atoms with van der Waals surface area (Å²) in [6.07, 6.45) is 8.05. The summed E-state index contributed by atoms with van der Waals surface area (Å²) in [6, 6.07) is 17.7. The molecule has 2 aromatic rings. The van der Waals surface area contributed by atoms with Gasteiger partial charge in [-0.3, -0.25) is 0 Å². The smallest absolute Gasteiger partial charge is 0.0433 e. The standard InChI is InChI=1S/C20H17IS/c1-20-11-5-8-15(14-6-3-2-4-7-14)12-18(20)17-13-16(21)9-10-19(17)22-20/h2-11,13,18H,12H2,1H3. The zero-order chi connectivity index (χ0) is 15.2. The summed E-state index contributed by atoms with van der Waals surface area (Å²) in [5, 5.41) is 0. The van der Waals surface area contributed by atoms with Gasteiger partial charge in [0, 0.05) is 19.1 Å². The number of benzene rings is 2. The molecule has 0 saturated heterocycles. The molecule has 0 aromatic heterocycles. The normalized spacial score (nSPS) is 26.1. The molecule has 2 aliphatic rings. The van der Waals surface area contributed by atoms with Gasteiger partial charge in [0.05, 0.1) is 0 Å². The van der Waals surface area contributed by atoms with Crippen molar-refractivity contribution in [2.24, 2.45) is 0 Å². The van der Waals surface area contributed by atoms with Gasteiger partial charge in [-0.25, -0.2) is 0 Å². The van der Waals surface area contributed by atoms with E-state index in [0.29, 0.717) is 5.92 Å². The van der Waals surface area contributed by atoms with Gasteiger partial charge in [0.15, 0.2) is 0 Å². The number of thioether (sulfide) groups is 1. The molecular weight excluding hydrogens is 399 g/mol. The average Bonchev–Trinajstić information content (AvgIpc) is 2.68. The Labute approximate surface area is 149 Å². The van der Waals surface area contributed by atoms with Crippen LogP contribution in [0.4, 0.5) is 0 Å². The molecular formula is C20H17IS. The molecule has 4 rings (SSSR count). The maximum Gasteiger partial charge on any atom is 0.0433 e. The maximum absolute atomic E-state index is 2.43. The predicted octanol–water partition coefficient (Wildman–Crippen LogP) is 6.28. The third-order valence-corrected chi connectivity index (χ3v) is 6.79. The fraction of sp³-hybridized carbons (Fsp3) is 0.200. The molecule has 0 nitrogen and oxygen atoms in total. The number of hydrogen-bond acceptors (Lipinski definition) is 1. The van der Waals surface area contributed by atoms with Crippen LogP contribution in [0, 0.1) is 3.57 Å². The lowest BCUT2D eigenvalue weighted by atomic mass is 9.82. The Hall–Kier alpha value is -1.000. The van der Waals surface area contributed by atoms with E-state index in [1.54, 1.807) is 0 Å². The second-order valence-electron chi connectivity index (χ2n) is 6.14. The van der Waals surface area contributed by atoms with Gasteiger partial charge in [-0.2, -0.15) is 0 Å². The highest BCUT2D eigenvalue weighted by Crippen LogP contribution is 2.57. The molecule has 0 saturated carbocycles. The average molecular weight is 416 g/mol. The SMILES string of the molecule is CC12C=CC=C(c3ccccc3)CC1c1cc(I)ccc1S2. The zero-order valence-electron chi connectivity index (χ0n) is 12.4. The molecule has 0 fully saturated rings. The van der Waals surface area contributed by atoms with E-state index >= 15 is 0 Å². The summed E-state index contributed by atoms with van der Waals surface area (Å²) in [5.74, 6) is 0.549. The molecule has 0 amide bonds. The third-order valence-electron chi connectivity index (χ3n) is 4.66. The molecule has 1 aliphatic carbocycles. The first-order valence-electron chi connectivity index (χ1n) is 7.58. The van der Waals surface area contributed by atoms with Crippen LogP contribution in [0.25, 0.3) is 5.57 Å². The minimum Gasteiger partial charge on any atom is -0.114 e. The van der Waals surface area contributed by atoms with Crippen LogP contribution in [0.1, 0.15) is 30.4 Å². The van der Waals surface area contributed by atoms with Crippen molar-refractivity contribution in [3.05, 3.63) is 81.5 Å². The fourth-order valence-corrected chi connectivity index (χ4v) is 5.42. The fourth-order valence-electron chi connectivity index (χ4n) is 3.47. The van der Waals surface area contributed by atoms with Crippen molar-refractivity contribution in [3.8, 4) is 0 Å². The lowest BCUT2D eigenvalue weighted by molar-refractivity contribution is 0.615. The van der Waals surface area contributed by atoms with Crippen LogP contribution in [-0.2, 0) is 0 Å². The molecule has 0 spiro atoms. The molecule has 2 aromatic carbocycles. The Morgan fingerprint density at radius 2 is 1.95 bits per heavy atom. The van der Waals surface area contributed by atoms with Gasteiger partial charge in [-0.1, -0.05) is 48.6 Å². The van der Waals surface area contributed by atoms with Crippen LogP contribution in [0.5, 0.6) is 0 Å². The van der Waals surface area contributed by atoms with Crippen LogP contribution in [-0.4, -0.2) is 4.75 Å². The quantitative estimate of drug-likeness (QED) is 0.493. The van der Waals surface area contributed by atoms with Crippen LogP contribution in [0.3, 0.4) is 0 Å². The van der Waals surface area contributed by atoms with E-state index in [2.05, 4.69) is 96.3 Å². The Bertz CT molecular complexity index is 776. The van der Waals surface area contributed by atoms with Crippen molar-refractivity contribution < 1.29 is 0 Å². The third kappa shape index (κ3) is 2.46. The minimum atomic E-state index is 0.166. The Kier molecular flexibility index (Phi) is 3.69. The van der Waals surface area contributed by atoms with Crippen LogP contribution < -0.4 is 0 Å². The van der Waals surface area contributed by atoms with E-state index < -0.39 is 0 Å². The zero-order valence-corrected chi connectivity index (χ0v) is 15.4. The van der Waals surface area contributed by atoms with Gasteiger partial charge in [-0.15, -0.1) is 11.8 Å².